The van der Waals surface area contributed by atoms with E-state index in [9.17, 15) is 9.59 Å². The number of carbonyl (C=O) groups is 2. The number of amides is 2. The number of hydrogen-bond acceptors (Lipinski definition) is 2. The molecule has 4 heteroatoms. The monoisotopic (exact) mass is 310 g/mol. The lowest BCUT2D eigenvalue weighted by molar-refractivity contribution is -0.140. The third kappa shape index (κ3) is 9.06. The molecule has 0 bridgehead atoms. The van der Waals surface area contributed by atoms with Gasteiger partial charge < -0.3 is 10.6 Å². The van der Waals surface area contributed by atoms with Gasteiger partial charge in [-0.2, -0.15) is 0 Å². The third-order valence-corrected chi connectivity index (χ3v) is 4.14. The lowest BCUT2D eigenvalue weighted by Gasteiger charge is -2.22. The first-order chi connectivity index (χ1) is 10.4. The topological polar surface area (TPSA) is 58.2 Å². The molecule has 2 amide bonds. The fraction of sp³-hybridized carbons (Fsp3) is 0.889. The van der Waals surface area contributed by atoms with E-state index in [1.165, 1.54) is 44.9 Å². The summed E-state index contributed by atoms with van der Waals surface area (Å²) in [4.78, 5) is 23.9. The summed E-state index contributed by atoms with van der Waals surface area (Å²) >= 11 is 0. The van der Waals surface area contributed by atoms with Crippen LogP contribution in [0.15, 0.2) is 0 Å². The molecular formula is C18H34N2O2. The second kappa shape index (κ2) is 9.86. The van der Waals surface area contributed by atoms with Gasteiger partial charge in [0.2, 0.25) is 0 Å². The molecule has 0 atom stereocenters. The van der Waals surface area contributed by atoms with Crippen LogP contribution >= 0.6 is 0 Å². The Morgan fingerprint density at radius 1 is 0.727 bits per heavy atom. The Morgan fingerprint density at radius 3 is 1.55 bits per heavy atom. The zero-order chi connectivity index (χ0) is 16.4. The van der Waals surface area contributed by atoms with Crippen LogP contribution in [-0.2, 0) is 9.59 Å². The molecule has 4 nitrogen and oxygen atoms in total. The van der Waals surface area contributed by atoms with Crippen LogP contribution in [0.3, 0.4) is 0 Å². The fourth-order valence-electron chi connectivity index (χ4n) is 2.96. The van der Waals surface area contributed by atoms with Crippen LogP contribution < -0.4 is 10.6 Å². The second-order valence-electron chi connectivity index (χ2n) is 7.63. The summed E-state index contributed by atoms with van der Waals surface area (Å²) in [6, 6.07) is 0.151. The molecule has 0 aromatic carbocycles. The maximum atomic E-state index is 12.0. The van der Waals surface area contributed by atoms with E-state index < -0.39 is 11.8 Å². The van der Waals surface area contributed by atoms with Crippen molar-refractivity contribution in [3.05, 3.63) is 0 Å². The van der Waals surface area contributed by atoms with Crippen molar-refractivity contribution >= 4 is 11.8 Å². The van der Waals surface area contributed by atoms with Gasteiger partial charge in [0.25, 0.3) is 0 Å². The maximum absolute atomic E-state index is 12.0. The molecule has 1 aliphatic carbocycles. The van der Waals surface area contributed by atoms with Gasteiger partial charge in [0, 0.05) is 11.6 Å². The van der Waals surface area contributed by atoms with E-state index in [2.05, 4.69) is 10.6 Å². The summed E-state index contributed by atoms with van der Waals surface area (Å²) in [5.41, 5.74) is -0.374. The average molecular weight is 310 g/mol. The third-order valence-electron chi connectivity index (χ3n) is 4.14. The summed E-state index contributed by atoms with van der Waals surface area (Å²) in [5, 5.41) is 5.67. The maximum Gasteiger partial charge on any atom is 0.309 e. The van der Waals surface area contributed by atoms with Gasteiger partial charge >= 0.3 is 11.8 Å². The van der Waals surface area contributed by atoms with E-state index >= 15 is 0 Å². The van der Waals surface area contributed by atoms with Gasteiger partial charge in [-0.1, -0.05) is 57.8 Å². The molecule has 0 aromatic heterocycles. The SMILES string of the molecule is CC(C)(C)NC(=O)C(=O)NC1CCCCCCCCCCC1. The van der Waals surface area contributed by atoms with Crippen LogP contribution in [0.2, 0.25) is 0 Å². The largest absolute Gasteiger partial charge is 0.345 e. The first-order valence-corrected chi connectivity index (χ1v) is 9.01. The van der Waals surface area contributed by atoms with Crippen molar-refractivity contribution in [1.29, 1.82) is 0 Å². The van der Waals surface area contributed by atoms with E-state index in [0.29, 0.717) is 0 Å². The molecule has 1 fully saturated rings. The Morgan fingerprint density at radius 2 is 1.14 bits per heavy atom. The van der Waals surface area contributed by atoms with Gasteiger partial charge in [0.15, 0.2) is 0 Å². The zero-order valence-electron chi connectivity index (χ0n) is 14.7. The molecule has 128 valence electrons. The minimum Gasteiger partial charge on any atom is -0.345 e. The predicted molar refractivity (Wildman–Crippen MR) is 90.6 cm³/mol. The zero-order valence-corrected chi connectivity index (χ0v) is 14.7. The van der Waals surface area contributed by atoms with Crippen LogP contribution in [0.1, 0.15) is 91.4 Å². The Bertz CT molecular complexity index is 335. The molecule has 0 aromatic rings. The molecule has 1 saturated carbocycles. The minimum absolute atomic E-state index is 0.151. The molecule has 1 aliphatic rings. The van der Waals surface area contributed by atoms with Crippen molar-refractivity contribution in [2.24, 2.45) is 0 Å². The fourth-order valence-corrected chi connectivity index (χ4v) is 2.96. The number of rotatable bonds is 1. The highest BCUT2D eigenvalue weighted by molar-refractivity contribution is 6.35. The molecule has 1 rings (SSSR count). The highest BCUT2D eigenvalue weighted by atomic mass is 16.2. The van der Waals surface area contributed by atoms with Crippen LogP contribution in [0.5, 0.6) is 0 Å². The molecule has 0 radical (unpaired) electrons. The predicted octanol–water partition coefficient (Wildman–Crippen LogP) is 3.69. The molecule has 0 heterocycles. The van der Waals surface area contributed by atoms with Crippen molar-refractivity contribution < 1.29 is 9.59 Å². The Kier molecular flexibility index (Phi) is 8.51. The van der Waals surface area contributed by atoms with Gasteiger partial charge in [-0.15, -0.1) is 0 Å². The molecule has 22 heavy (non-hydrogen) atoms. The van der Waals surface area contributed by atoms with Gasteiger partial charge in [0.1, 0.15) is 0 Å². The van der Waals surface area contributed by atoms with Crippen molar-refractivity contribution in [2.45, 2.75) is 103 Å². The van der Waals surface area contributed by atoms with Crippen molar-refractivity contribution in [3.8, 4) is 0 Å². The van der Waals surface area contributed by atoms with E-state index in [0.717, 1.165) is 25.7 Å². The van der Waals surface area contributed by atoms with E-state index in [1.807, 2.05) is 20.8 Å². The van der Waals surface area contributed by atoms with Crippen molar-refractivity contribution in [3.63, 3.8) is 0 Å². The highest BCUT2D eigenvalue weighted by Gasteiger charge is 2.22. The molecule has 0 spiro atoms. The first-order valence-electron chi connectivity index (χ1n) is 9.01. The van der Waals surface area contributed by atoms with Crippen molar-refractivity contribution in [2.75, 3.05) is 0 Å². The summed E-state index contributed by atoms with van der Waals surface area (Å²) in [6.07, 6.45) is 13.4. The quantitative estimate of drug-likeness (QED) is 0.726. The summed E-state index contributed by atoms with van der Waals surface area (Å²) < 4.78 is 0. The molecule has 0 unspecified atom stereocenters. The normalized spacial score (nSPS) is 19.6. The average Bonchev–Trinajstić information content (AvgIpc) is 2.39. The van der Waals surface area contributed by atoms with E-state index in [4.69, 9.17) is 0 Å². The van der Waals surface area contributed by atoms with Gasteiger partial charge in [-0.25, -0.2) is 0 Å². The van der Waals surface area contributed by atoms with Crippen LogP contribution in [-0.4, -0.2) is 23.4 Å². The summed E-state index contributed by atoms with van der Waals surface area (Å²) in [5.74, 6) is -0.995. The van der Waals surface area contributed by atoms with Crippen molar-refractivity contribution in [1.82, 2.24) is 10.6 Å². The van der Waals surface area contributed by atoms with Gasteiger partial charge in [0.05, 0.1) is 0 Å². The number of nitrogens with one attached hydrogen (secondary N) is 2. The van der Waals surface area contributed by atoms with Gasteiger partial charge in [-0.3, -0.25) is 9.59 Å². The molecule has 0 aliphatic heterocycles. The first kappa shape index (κ1) is 19.0. The van der Waals surface area contributed by atoms with Crippen LogP contribution in [0, 0.1) is 0 Å². The Hall–Kier alpha value is -1.06. The number of hydrogen-bond donors (Lipinski definition) is 2. The highest BCUT2D eigenvalue weighted by Crippen LogP contribution is 2.17. The smallest absolute Gasteiger partial charge is 0.309 e. The summed E-state index contributed by atoms with van der Waals surface area (Å²) in [6.45, 7) is 5.65. The minimum atomic E-state index is -0.515. The summed E-state index contributed by atoms with van der Waals surface area (Å²) in [7, 11) is 0. The Labute approximate surface area is 135 Å². The molecular weight excluding hydrogens is 276 g/mol. The second-order valence-corrected chi connectivity index (χ2v) is 7.63. The van der Waals surface area contributed by atoms with E-state index in [-0.39, 0.29) is 11.6 Å². The Balaban J connectivity index is 2.44. The van der Waals surface area contributed by atoms with Gasteiger partial charge in [-0.05, 0) is 33.6 Å². The standard InChI is InChI=1S/C18H34N2O2/c1-18(2,3)20-17(22)16(21)19-15-13-11-9-7-5-4-6-8-10-12-14-15/h15H,4-14H2,1-3H3,(H,19,21)(H,20,22). The van der Waals surface area contributed by atoms with Crippen LogP contribution in [0.25, 0.3) is 0 Å². The number of carbonyl (C=O) groups excluding carboxylic acids is 2. The lowest BCUT2D eigenvalue weighted by Crippen LogP contribution is -2.50. The molecule has 2 N–H and O–H groups in total. The lowest BCUT2D eigenvalue weighted by atomic mass is 9.98. The van der Waals surface area contributed by atoms with Crippen LogP contribution in [0.4, 0.5) is 0 Å². The molecule has 0 saturated heterocycles. The van der Waals surface area contributed by atoms with E-state index in [1.54, 1.807) is 0 Å².